The third-order valence-corrected chi connectivity index (χ3v) is 4.65. The summed E-state index contributed by atoms with van der Waals surface area (Å²) in [6, 6.07) is 0. The minimum atomic E-state index is 0.296. The smallest absolute Gasteiger partial charge is 0.00965 e. The van der Waals surface area contributed by atoms with E-state index in [9.17, 15) is 0 Å². The maximum atomic E-state index is 3.64. The molecule has 3 unspecified atom stereocenters. The average Bonchev–Trinajstić information content (AvgIpc) is 2.60. The molecule has 2 aliphatic rings. The van der Waals surface area contributed by atoms with Crippen molar-refractivity contribution in [2.45, 2.75) is 71.3 Å². The molecule has 0 heterocycles. The van der Waals surface area contributed by atoms with Gasteiger partial charge in [0.2, 0.25) is 0 Å². The van der Waals surface area contributed by atoms with Gasteiger partial charge in [0.05, 0.1) is 0 Å². The first-order valence-electron chi connectivity index (χ1n) is 7.31. The second kappa shape index (κ2) is 5.08. The van der Waals surface area contributed by atoms with Crippen LogP contribution in [0.5, 0.6) is 0 Å². The van der Waals surface area contributed by atoms with Gasteiger partial charge in [-0.1, -0.05) is 19.3 Å². The van der Waals surface area contributed by atoms with E-state index in [1.807, 2.05) is 0 Å². The fraction of sp³-hybridized carbons (Fsp3) is 1.00. The van der Waals surface area contributed by atoms with Crippen LogP contribution in [0.1, 0.15) is 65.7 Å². The zero-order valence-corrected chi connectivity index (χ0v) is 11.4. The van der Waals surface area contributed by atoms with E-state index < -0.39 is 0 Å². The quantitative estimate of drug-likeness (QED) is 0.763. The van der Waals surface area contributed by atoms with Crippen molar-refractivity contribution in [3.8, 4) is 0 Å². The maximum absolute atomic E-state index is 3.64. The highest BCUT2D eigenvalue weighted by molar-refractivity contribution is 4.88. The fourth-order valence-corrected chi connectivity index (χ4v) is 3.85. The maximum Gasteiger partial charge on any atom is 0.00965 e. The Morgan fingerprint density at radius 2 is 1.75 bits per heavy atom. The van der Waals surface area contributed by atoms with Crippen LogP contribution in [0, 0.1) is 17.8 Å². The number of rotatable bonds is 3. The van der Waals surface area contributed by atoms with Gasteiger partial charge in [-0.2, -0.15) is 0 Å². The second-order valence-electron chi connectivity index (χ2n) is 7.01. The average molecular weight is 223 g/mol. The lowest BCUT2D eigenvalue weighted by Gasteiger charge is -2.30. The Hall–Kier alpha value is -0.0400. The zero-order chi connectivity index (χ0) is 11.6. The van der Waals surface area contributed by atoms with Crippen LogP contribution < -0.4 is 5.32 Å². The van der Waals surface area contributed by atoms with Crippen LogP contribution >= 0.6 is 0 Å². The minimum Gasteiger partial charge on any atom is -0.312 e. The standard InChI is InChI=1S/C15H29N/c1-15(2,3)16-11-10-13-9-8-12-6-4-5-7-14(12)13/h12-14,16H,4-11H2,1-3H3. The summed E-state index contributed by atoms with van der Waals surface area (Å²) in [5.74, 6) is 3.24. The SMILES string of the molecule is CC(C)(C)NCCC1CCC2CCCCC21. The highest BCUT2D eigenvalue weighted by Gasteiger charge is 2.36. The van der Waals surface area contributed by atoms with Crippen LogP contribution in [0.3, 0.4) is 0 Å². The number of hydrogen-bond acceptors (Lipinski definition) is 1. The van der Waals surface area contributed by atoms with Crippen LogP contribution in [0.4, 0.5) is 0 Å². The summed E-state index contributed by atoms with van der Waals surface area (Å²) >= 11 is 0. The van der Waals surface area contributed by atoms with Gasteiger partial charge in [0.25, 0.3) is 0 Å². The molecule has 1 heteroatoms. The molecule has 0 aromatic heterocycles. The molecule has 0 radical (unpaired) electrons. The van der Waals surface area contributed by atoms with Crippen molar-refractivity contribution in [3.05, 3.63) is 0 Å². The summed E-state index contributed by atoms with van der Waals surface area (Å²) < 4.78 is 0. The number of fused-ring (bicyclic) bond motifs is 1. The summed E-state index contributed by atoms with van der Waals surface area (Å²) in [5.41, 5.74) is 0.296. The Morgan fingerprint density at radius 1 is 1.00 bits per heavy atom. The normalized spacial score (nSPS) is 35.1. The predicted molar refractivity (Wildman–Crippen MR) is 70.5 cm³/mol. The van der Waals surface area contributed by atoms with E-state index in [1.54, 1.807) is 0 Å². The molecule has 0 aromatic carbocycles. The molecule has 3 atom stereocenters. The molecule has 94 valence electrons. The van der Waals surface area contributed by atoms with Crippen molar-refractivity contribution in [2.24, 2.45) is 17.8 Å². The van der Waals surface area contributed by atoms with Crippen LogP contribution in [0.2, 0.25) is 0 Å². The van der Waals surface area contributed by atoms with Crippen molar-refractivity contribution >= 4 is 0 Å². The molecule has 2 aliphatic carbocycles. The molecule has 0 aromatic rings. The van der Waals surface area contributed by atoms with Crippen molar-refractivity contribution in [1.29, 1.82) is 0 Å². The molecule has 2 saturated carbocycles. The Balaban J connectivity index is 1.74. The molecule has 0 saturated heterocycles. The third-order valence-electron chi connectivity index (χ3n) is 4.65. The molecule has 16 heavy (non-hydrogen) atoms. The Bertz CT molecular complexity index is 216. The summed E-state index contributed by atoms with van der Waals surface area (Å²) in [4.78, 5) is 0. The van der Waals surface area contributed by atoms with Crippen LogP contribution in [-0.2, 0) is 0 Å². The van der Waals surface area contributed by atoms with Crippen molar-refractivity contribution in [3.63, 3.8) is 0 Å². The van der Waals surface area contributed by atoms with Crippen molar-refractivity contribution in [1.82, 2.24) is 5.32 Å². The van der Waals surface area contributed by atoms with Gasteiger partial charge in [-0.05, 0) is 70.8 Å². The topological polar surface area (TPSA) is 12.0 Å². The molecule has 0 amide bonds. The summed E-state index contributed by atoms with van der Waals surface area (Å²) in [6.07, 6.45) is 10.5. The predicted octanol–water partition coefficient (Wildman–Crippen LogP) is 3.98. The first-order chi connectivity index (χ1) is 7.56. The molecule has 0 spiro atoms. The van der Waals surface area contributed by atoms with E-state index in [-0.39, 0.29) is 0 Å². The molecule has 2 rings (SSSR count). The molecule has 0 bridgehead atoms. The molecule has 1 N–H and O–H groups in total. The van der Waals surface area contributed by atoms with Crippen LogP contribution in [0.15, 0.2) is 0 Å². The monoisotopic (exact) mass is 223 g/mol. The summed E-state index contributed by atoms with van der Waals surface area (Å²) in [6.45, 7) is 8.03. The van der Waals surface area contributed by atoms with Gasteiger partial charge in [0, 0.05) is 5.54 Å². The first-order valence-corrected chi connectivity index (χ1v) is 7.31. The number of nitrogens with one attached hydrogen (secondary N) is 1. The van der Waals surface area contributed by atoms with E-state index in [1.165, 1.54) is 51.5 Å². The van der Waals surface area contributed by atoms with Gasteiger partial charge in [-0.25, -0.2) is 0 Å². The fourth-order valence-electron chi connectivity index (χ4n) is 3.85. The highest BCUT2D eigenvalue weighted by atomic mass is 14.9. The van der Waals surface area contributed by atoms with Gasteiger partial charge in [-0.15, -0.1) is 0 Å². The van der Waals surface area contributed by atoms with Gasteiger partial charge in [-0.3, -0.25) is 0 Å². The highest BCUT2D eigenvalue weighted by Crippen LogP contribution is 2.46. The molecule has 2 fully saturated rings. The molecular weight excluding hydrogens is 194 g/mol. The lowest BCUT2D eigenvalue weighted by molar-refractivity contribution is 0.217. The zero-order valence-electron chi connectivity index (χ0n) is 11.4. The van der Waals surface area contributed by atoms with Gasteiger partial charge in [0.15, 0.2) is 0 Å². The molecule has 1 nitrogen and oxygen atoms in total. The number of hydrogen-bond donors (Lipinski definition) is 1. The van der Waals surface area contributed by atoms with E-state index in [4.69, 9.17) is 0 Å². The van der Waals surface area contributed by atoms with E-state index in [2.05, 4.69) is 26.1 Å². The Kier molecular flexibility index (Phi) is 3.94. The Morgan fingerprint density at radius 3 is 2.50 bits per heavy atom. The summed E-state index contributed by atoms with van der Waals surface area (Å²) in [5, 5.41) is 3.64. The van der Waals surface area contributed by atoms with Gasteiger partial charge >= 0.3 is 0 Å². The van der Waals surface area contributed by atoms with Gasteiger partial charge < -0.3 is 5.32 Å². The largest absolute Gasteiger partial charge is 0.312 e. The van der Waals surface area contributed by atoms with Crippen LogP contribution in [-0.4, -0.2) is 12.1 Å². The third kappa shape index (κ3) is 3.23. The summed E-state index contributed by atoms with van der Waals surface area (Å²) in [7, 11) is 0. The van der Waals surface area contributed by atoms with E-state index >= 15 is 0 Å². The Labute approximate surface area is 101 Å². The van der Waals surface area contributed by atoms with Crippen molar-refractivity contribution < 1.29 is 0 Å². The molecule has 0 aliphatic heterocycles. The van der Waals surface area contributed by atoms with Crippen molar-refractivity contribution in [2.75, 3.05) is 6.54 Å². The lowest BCUT2D eigenvalue weighted by Crippen LogP contribution is -2.37. The van der Waals surface area contributed by atoms with E-state index in [0.717, 1.165) is 17.8 Å². The molecular formula is C15H29N. The second-order valence-corrected chi connectivity index (χ2v) is 7.01. The van der Waals surface area contributed by atoms with Gasteiger partial charge in [0.1, 0.15) is 0 Å². The minimum absolute atomic E-state index is 0.296. The first kappa shape index (κ1) is 12.4. The van der Waals surface area contributed by atoms with E-state index in [0.29, 0.717) is 5.54 Å². The lowest BCUT2D eigenvalue weighted by atomic mass is 9.77. The van der Waals surface area contributed by atoms with Crippen LogP contribution in [0.25, 0.3) is 0 Å².